The zero-order valence-corrected chi connectivity index (χ0v) is 19.2. The number of phenols is 1. The lowest BCUT2D eigenvalue weighted by Crippen LogP contribution is -2.29. The Bertz CT molecular complexity index is 1280. The predicted molar refractivity (Wildman–Crippen MR) is 129 cm³/mol. The number of hydrogen-bond acceptors (Lipinski definition) is 6. The number of carbonyl (C=O) groups is 2. The van der Waals surface area contributed by atoms with Gasteiger partial charge in [0.1, 0.15) is 11.5 Å². The van der Waals surface area contributed by atoms with E-state index in [1.54, 1.807) is 54.6 Å². The van der Waals surface area contributed by atoms with E-state index in [2.05, 4.69) is 0 Å². The predicted octanol–water partition coefficient (Wildman–Crippen LogP) is 5.08. The van der Waals surface area contributed by atoms with E-state index in [4.69, 9.17) is 21.1 Å². The van der Waals surface area contributed by atoms with Crippen LogP contribution in [-0.2, 0) is 9.59 Å². The van der Waals surface area contributed by atoms with Gasteiger partial charge in [0.25, 0.3) is 11.7 Å². The Balaban J connectivity index is 1.91. The molecule has 174 valence electrons. The molecule has 7 nitrogen and oxygen atoms in total. The van der Waals surface area contributed by atoms with Crippen molar-refractivity contribution in [3.05, 3.63) is 88.5 Å². The van der Waals surface area contributed by atoms with Gasteiger partial charge in [-0.05, 0) is 67.1 Å². The Kier molecular flexibility index (Phi) is 6.47. The number of methoxy groups -OCH3 is 1. The smallest absolute Gasteiger partial charge is 0.300 e. The van der Waals surface area contributed by atoms with Gasteiger partial charge in [-0.2, -0.15) is 0 Å². The average molecular weight is 480 g/mol. The number of carbonyl (C=O) groups excluding carboxylic acids is 2. The molecule has 34 heavy (non-hydrogen) atoms. The van der Waals surface area contributed by atoms with Gasteiger partial charge in [0, 0.05) is 16.3 Å². The van der Waals surface area contributed by atoms with Crippen molar-refractivity contribution in [3.8, 4) is 17.2 Å². The van der Waals surface area contributed by atoms with Crippen molar-refractivity contribution >= 4 is 34.7 Å². The summed E-state index contributed by atoms with van der Waals surface area (Å²) in [4.78, 5) is 27.6. The van der Waals surface area contributed by atoms with E-state index < -0.39 is 17.7 Å². The largest absolute Gasteiger partial charge is 0.507 e. The van der Waals surface area contributed by atoms with Crippen LogP contribution >= 0.6 is 11.6 Å². The molecule has 1 unspecified atom stereocenters. The highest BCUT2D eigenvalue weighted by Gasteiger charge is 2.47. The lowest BCUT2D eigenvalue weighted by molar-refractivity contribution is -0.132. The summed E-state index contributed by atoms with van der Waals surface area (Å²) in [7, 11) is 1.42. The van der Waals surface area contributed by atoms with E-state index >= 15 is 0 Å². The fourth-order valence-corrected chi connectivity index (χ4v) is 4.13. The second kappa shape index (κ2) is 9.49. The summed E-state index contributed by atoms with van der Waals surface area (Å²) < 4.78 is 10.6. The SMILES string of the molecule is CCOc1ccc(/C(O)=C2/C(=O)C(=O)N(c3cccc(Cl)c3)C2c2ccc(OC)c(O)c2)cc1. The number of aromatic hydroxyl groups is 1. The number of benzene rings is 3. The number of halogens is 1. The van der Waals surface area contributed by atoms with Crippen LogP contribution in [0.2, 0.25) is 5.02 Å². The van der Waals surface area contributed by atoms with Crippen molar-refractivity contribution in [1.29, 1.82) is 0 Å². The lowest BCUT2D eigenvalue weighted by atomic mass is 9.94. The summed E-state index contributed by atoms with van der Waals surface area (Å²) in [5, 5.41) is 21.9. The van der Waals surface area contributed by atoms with Gasteiger partial charge in [-0.15, -0.1) is 0 Å². The maximum atomic E-state index is 13.2. The van der Waals surface area contributed by atoms with Crippen LogP contribution in [0.15, 0.2) is 72.3 Å². The Hall–Kier alpha value is -3.97. The Labute approximate surface area is 201 Å². The highest BCUT2D eigenvalue weighted by molar-refractivity contribution is 6.51. The Morgan fingerprint density at radius 1 is 1.06 bits per heavy atom. The van der Waals surface area contributed by atoms with E-state index in [0.29, 0.717) is 34.2 Å². The normalized spacial score (nSPS) is 17.1. The molecule has 3 aromatic rings. The van der Waals surface area contributed by atoms with E-state index in [-0.39, 0.29) is 22.8 Å². The summed E-state index contributed by atoms with van der Waals surface area (Å²) in [5.74, 6) is -1.35. The molecular weight excluding hydrogens is 458 g/mol. The molecule has 1 heterocycles. The standard InChI is InChI=1S/C26H22ClNO6/c1-3-34-19-10-7-15(8-11-19)24(30)22-23(16-9-12-21(33-2)20(29)13-16)28(26(32)25(22)31)18-6-4-5-17(27)14-18/h4-14,23,29-30H,3H2,1-2H3/b24-22-. The Morgan fingerprint density at radius 2 is 1.79 bits per heavy atom. The molecule has 1 aliphatic heterocycles. The monoisotopic (exact) mass is 479 g/mol. The molecule has 1 saturated heterocycles. The van der Waals surface area contributed by atoms with Crippen molar-refractivity contribution in [1.82, 2.24) is 0 Å². The summed E-state index contributed by atoms with van der Waals surface area (Å²) in [6.45, 7) is 2.34. The quantitative estimate of drug-likeness (QED) is 0.291. The minimum absolute atomic E-state index is 0.112. The minimum Gasteiger partial charge on any atom is -0.507 e. The van der Waals surface area contributed by atoms with Crippen LogP contribution in [0.1, 0.15) is 24.1 Å². The molecule has 0 aliphatic carbocycles. The molecule has 0 radical (unpaired) electrons. The second-order valence-corrected chi connectivity index (χ2v) is 7.97. The Morgan fingerprint density at radius 3 is 2.41 bits per heavy atom. The van der Waals surface area contributed by atoms with Crippen LogP contribution in [0, 0.1) is 0 Å². The van der Waals surface area contributed by atoms with Gasteiger partial charge in [-0.3, -0.25) is 14.5 Å². The van der Waals surface area contributed by atoms with Crippen molar-refractivity contribution in [3.63, 3.8) is 0 Å². The fraction of sp³-hybridized carbons (Fsp3) is 0.154. The van der Waals surface area contributed by atoms with E-state index in [0.717, 1.165) is 0 Å². The first-order chi connectivity index (χ1) is 16.3. The maximum absolute atomic E-state index is 13.2. The van der Waals surface area contributed by atoms with Crippen LogP contribution in [0.4, 0.5) is 5.69 Å². The lowest BCUT2D eigenvalue weighted by Gasteiger charge is -2.26. The number of amides is 1. The van der Waals surface area contributed by atoms with Crippen molar-refractivity contribution in [2.45, 2.75) is 13.0 Å². The maximum Gasteiger partial charge on any atom is 0.300 e. The third-order valence-corrected chi connectivity index (χ3v) is 5.72. The number of rotatable bonds is 6. The number of phenolic OH excluding ortho intramolecular Hbond substituents is 1. The molecule has 8 heteroatoms. The van der Waals surface area contributed by atoms with Gasteiger partial charge >= 0.3 is 0 Å². The minimum atomic E-state index is -1.01. The third-order valence-electron chi connectivity index (χ3n) is 5.49. The molecule has 1 aliphatic rings. The number of ketones is 1. The van der Waals surface area contributed by atoms with Gasteiger partial charge in [0.15, 0.2) is 11.5 Å². The molecule has 0 saturated carbocycles. The molecule has 1 atom stereocenters. The van der Waals surface area contributed by atoms with Crippen LogP contribution in [0.3, 0.4) is 0 Å². The summed E-state index contributed by atoms with van der Waals surface area (Å²) in [6, 6.07) is 16.6. The van der Waals surface area contributed by atoms with Gasteiger partial charge in [-0.1, -0.05) is 23.7 Å². The van der Waals surface area contributed by atoms with Crippen molar-refractivity contribution in [2.24, 2.45) is 0 Å². The molecule has 1 amide bonds. The zero-order valence-electron chi connectivity index (χ0n) is 18.5. The summed E-state index contributed by atoms with van der Waals surface area (Å²) in [5.41, 5.74) is 1.01. The van der Waals surface area contributed by atoms with Gasteiger partial charge < -0.3 is 19.7 Å². The van der Waals surface area contributed by atoms with Crippen LogP contribution in [0.5, 0.6) is 17.2 Å². The van der Waals surface area contributed by atoms with E-state index in [9.17, 15) is 19.8 Å². The molecular formula is C26H22ClNO6. The number of Topliss-reactive ketones (excluding diaryl/α,β-unsaturated/α-hetero) is 1. The molecule has 3 aromatic carbocycles. The summed E-state index contributed by atoms with van der Waals surface area (Å²) >= 11 is 6.15. The highest BCUT2D eigenvalue weighted by Crippen LogP contribution is 2.44. The second-order valence-electron chi connectivity index (χ2n) is 7.54. The summed E-state index contributed by atoms with van der Waals surface area (Å²) in [6.07, 6.45) is 0. The number of hydrogen-bond donors (Lipinski definition) is 2. The molecule has 0 spiro atoms. The average Bonchev–Trinajstić information content (AvgIpc) is 3.09. The van der Waals surface area contributed by atoms with E-state index in [1.165, 1.54) is 24.1 Å². The van der Waals surface area contributed by atoms with Gasteiger partial charge in [-0.25, -0.2) is 0 Å². The highest BCUT2D eigenvalue weighted by atomic mass is 35.5. The number of anilines is 1. The van der Waals surface area contributed by atoms with E-state index in [1.807, 2.05) is 6.92 Å². The molecule has 1 fully saturated rings. The first kappa shape index (κ1) is 23.2. The van der Waals surface area contributed by atoms with Crippen molar-refractivity contribution in [2.75, 3.05) is 18.6 Å². The van der Waals surface area contributed by atoms with Crippen LogP contribution < -0.4 is 14.4 Å². The fourth-order valence-electron chi connectivity index (χ4n) is 3.95. The number of ether oxygens (including phenoxy) is 2. The zero-order chi connectivity index (χ0) is 24.4. The topological polar surface area (TPSA) is 96.3 Å². The van der Waals surface area contributed by atoms with Gasteiger partial charge in [0.2, 0.25) is 0 Å². The first-order valence-corrected chi connectivity index (χ1v) is 10.9. The van der Waals surface area contributed by atoms with Crippen LogP contribution in [0.25, 0.3) is 5.76 Å². The van der Waals surface area contributed by atoms with Crippen molar-refractivity contribution < 1.29 is 29.3 Å². The molecule has 0 aromatic heterocycles. The third kappa shape index (κ3) is 4.18. The molecule has 2 N–H and O–H groups in total. The first-order valence-electron chi connectivity index (χ1n) is 10.5. The molecule has 0 bridgehead atoms. The number of aliphatic hydroxyl groups is 1. The molecule has 4 rings (SSSR count). The number of nitrogens with zero attached hydrogens (tertiary/aromatic N) is 1. The van der Waals surface area contributed by atoms with Gasteiger partial charge in [0.05, 0.1) is 25.3 Å². The number of aliphatic hydroxyl groups excluding tert-OH is 1. The van der Waals surface area contributed by atoms with Crippen LogP contribution in [-0.4, -0.2) is 35.6 Å².